The Morgan fingerprint density at radius 1 is 1.40 bits per heavy atom. The second-order valence-electron chi connectivity index (χ2n) is 4.01. The number of hydrogen-bond acceptors (Lipinski definition) is 2. The van der Waals surface area contributed by atoms with Gasteiger partial charge in [0, 0.05) is 0 Å². The molecule has 0 N–H and O–H groups in total. The minimum Gasteiger partial charge on any atom is -0.482 e. The molecule has 2 aliphatic rings. The van der Waals surface area contributed by atoms with Crippen molar-refractivity contribution < 1.29 is 9.13 Å². The molecule has 1 aliphatic heterocycles. The van der Waals surface area contributed by atoms with Crippen molar-refractivity contribution in [2.75, 3.05) is 6.54 Å². The third kappa shape index (κ3) is 1.42. The fourth-order valence-corrected chi connectivity index (χ4v) is 1.93. The van der Waals surface area contributed by atoms with E-state index in [1.54, 1.807) is 12.1 Å². The maximum atomic E-state index is 13.6. The van der Waals surface area contributed by atoms with Crippen LogP contribution in [0, 0.1) is 5.82 Å². The second-order valence-corrected chi connectivity index (χ2v) is 4.37. The molecule has 1 spiro atoms. The van der Waals surface area contributed by atoms with E-state index in [2.05, 4.69) is 4.99 Å². The number of aliphatic imine (C=N–C) groups is 1. The number of rotatable bonds is 0. The van der Waals surface area contributed by atoms with Crippen LogP contribution in [0.5, 0.6) is 5.75 Å². The van der Waals surface area contributed by atoms with Crippen molar-refractivity contribution in [1.29, 1.82) is 0 Å². The molecule has 78 valence electrons. The molecule has 0 saturated heterocycles. The van der Waals surface area contributed by atoms with Crippen molar-refractivity contribution in [3.63, 3.8) is 0 Å². The molecule has 1 aromatic rings. The van der Waals surface area contributed by atoms with E-state index in [4.69, 9.17) is 16.3 Å². The topological polar surface area (TPSA) is 21.6 Å². The molecule has 0 aromatic heterocycles. The van der Waals surface area contributed by atoms with Gasteiger partial charge in [0.2, 0.25) is 0 Å². The highest BCUT2D eigenvalue weighted by atomic mass is 35.5. The first-order valence-corrected chi connectivity index (χ1v) is 5.26. The van der Waals surface area contributed by atoms with E-state index in [-0.39, 0.29) is 17.2 Å². The highest BCUT2D eigenvalue weighted by molar-refractivity contribution is 6.70. The van der Waals surface area contributed by atoms with Gasteiger partial charge < -0.3 is 4.74 Å². The fourth-order valence-electron chi connectivity index (χ4n) is 1.72. The van der Waals surface area contributed by atoms with E-state index in [0.29, 0.717) is 17.3 Å². The third-order valence-corrected chi connectivity index (χ3v) is 3.14. The standard InChI is InChI=1S/C11H9ClFNO/c12-10-7-2-1-3-8(13)9(7)15-11(4-5-11)6-14-10/h1-3H,4-6H2. The molecule has 1 heterocycles. The summed E-state index contributed by atoms with van der Waals surface area (Å²) in [5.74, 6) is -0.115. The van der Waals surface area contributed by atoms with E-state index in [9.17, 15) is 4.39 Å². The van der Waals surface area contributed by atoms with E-state index in [0.717, 1.165) is 12.8 Å². The summed E-state index contributed by atoms with van der Waals surface area (Å²) in [4.78, 5) is 4.21. The summed E-state index contributed by atoms with van der Waals surface area (Å²) in [5.41, 5.74) is 0.272. The molecule has 0 atom stereocenters. The van der Waals surface area contributed by atoms with Crippen molar-refractivity contribution in [1.82, 2.24) is 0 Å². The van der Waals surface area contributed by atoms with Gasteiger partial charge in [0.1, 0.15) is 10.8 Å². The summed E-state index contributed by atoms with van der Waals surface area (Å²) in [6, 6.07) is 4.72. The Morgan fingerprint density at radius 2 is 2.20 bits per heavy atom. The Morgan fingerprint density at radius 3 is 2.93 bits per heavy atom. The summed E-state index contributed by atoms with van der Waals surface area (Å²) < 4.78 is 19.2. The summed E-state index contributed by atoms with van der Waals surface area (Å²) in [7, 11) is 0. The Hall–Kier alpha value is -1.09. The zero-order valence-electron chi connectivity index (χ0n) is 7.96. The average Bonchev–Trinajstić information content (AvgIpc) is 2.99. The van der Waals surface area contributed by atoms with E-state index < -0.39 is 0 Å². The largest absolute Gasteiger partial charge is 0.482 e. The first kappa shape index (κ1) is 9.16. The minimum absolute atomic E-state index is 0.251. The zero-order chi connectivity index (χ0) is 10.5. The Kier molecular flexibility index (Phi) is 1.80. The quantitative estimate of drug-likeness (QED) is 0.665. The van der Waals surface area contributed by atoms with Gasteiger partial charge in [0.15, 0.2) is 11.6 Å². The SMILES string of the molecule is Fc1cccc2c1OC1(CC1)CN=C2Cl. The second kappa shape index (κ2) is 2.95. The highest BCUT2D eigenvalue weighted by Gasteiger charge is 2.47. The first-order chi connectivity index (χ1) is 7.20. The number of hydrogen-bond donors (Lipinski definition) is 0. The Labute approximate surface area is 91.7 Å². The number of ether oxygens (including phenoxy) is 1. The summed E-state index contributed by atoms with van der Waals surface area (Å²) in [6.07, 6.45) is 1.85. The van der Waals surface area contributed by atoms with Gasteiger partial charge in [0.05, 0.1) is 12.1 Å². The molecule has 3 rings (SSSR count). The van der Waals surface area contributed by atoms with Crippen molar-refractivity contribution in [2.45, 2.75) is 18.4 Å². The predicted molar refractivity (Wildman–Crippen MR) is 56.3 cm³/mol. The van der Waals surface area contributed by atoms with Crippen LogP contribution < -0.4 is 4.74 Å². The number of benzene rings is 1. The van der Waals surface area contributed by atoms with Gasteiger partial charge in [-0.1, -0.05) is 17.7 Å². The third-order valence-electron chi connectivity index (χ3n) is 2.82. The van der Waals surface area contributed by atoms with Crippen LogP contribution in [0.4, 0.5) is 4.39 Å². The monoisotopic (exact) mass is 225 g/mol. The van der Waals surface area contributed by atoms with Gasteiger partial charge >= 0.3 is 0 Å². The van der Waals surface area contributed by atoms with Crippen molar-refractivity contribution >= 4 is 16.8 Å². The molecule has 0 radical (unpaired) electrons. The maximum Gasteiger partial charge on any atom is 0.166 e. The number of para-hydroxylation sites is 1. The normalized spacial score (nSPS) is 21.3. The number of fused-ring (bicyclic) bond motifs is 1. The zero-order valence-corrected chi connectivity index (χ0v) is 8.72. The van der Waals surface area contributed by atoms with Crippen molar-refractivity contribution in [3.05, 3.63) is 29.6 Å². The fraction of sp³-hybridized carbons (Fsp3) is 0.364. The first-order valence-electron chi connectivity index (χ1n) is 4.88. The molecule has 2 nitrogen and oxygen atoms in total. The lowest BCUT2D eigenvalue weighted by molar-refractivity contribution is 0.182. The van der Waals surface area contributed by atoms with Crippen LogP contribution in [0.2, 0.25) is 0 Å². The molecule has 15 heavy (non-hydrogen) atoms. The lowest BCUT2D eigenvalue weighted by atomic mass is 10.2. The smallest absolute Gasteiger partial charge is 0.166 e. The van der Waals surface area contributed by atoms with E-state index in [1.165, 1.54) is 6.07 Å². The van der Waals surface area contributed by atoms with Crippen LogP contribution in [0.25, 0.3) is 0 Å². The molecule has 0 bridgehead atoms. The van der Waals surface area contributed by atoms with Gasteiger partial charge in [-0.05, 0) is 25.0 Å². The Bertz CT molecular complexity index is 454. The molecule has 1 fully saturated rings. The van der Waals surface area contributed by atoms with Crippen LogP contribution >= 0.6 is 11.6 Å². The van der Waals surface area contributed by atoms with E-state index >= 15 is 0 Å². The molecule has 1 aliphatic carbocycles. The molecule has 1 saturated carbocycles. The van der Waals surface area contributed by atoms with Crippen LogP contribution in [0.1, 0.15) is 18.4 Å². The maximum absolute atomic E-state index is 13.6. The highest BCUT2D eigenvalue weighted by Crippen LogP contribution is 2.44. The Balaban J connectivity index is 2.16. The molecule has 1 aromatic carbocycles. The summed E-state index contributed by atoms with van der Waals surface area (Å²) in [6.45, 7) is 0.528. The minimum atomic E-state index is -0.367. The predicted octanol–water partition coefficient (Wildman–Crippen LogP) is 2.74. The van der Waals surface area contributed by atoms with Gasteiger partial charge in [-0.3, -0.25) is 4.99 Å². The summed E-state index contributed by atoms with van der Waals surface area (Å²) >= 11 is 5.98. The van der Waals surface area contributed by atoms with Crippen LogP contribution in [0.3, 0.4) is 0 Å². The lowest BCUT2D eigenvalue weighted by Gasteiger charge is -2.15. The van der Waals surface area contributed by atoms with Gasteiger partial charge in [0.25, 0.3) is 0 Å². The molecule has 0 amide bonds. The van der Waals surface area contributed by atoms with Gasteiger partial charge in [-0.15, -0.1) is 0 Å². The van der Waals surface area contributed by atoms with Crippen molar-refractivity contribution in [3.8, 4) is 5.75 Å². The number of nitrogens with zero attached hydrogens (tertiary/aromatic N) is 1. The molecule has 4 heteroatoms. The van der Waals surface area contributed by atoms with E-state index in [1.807, 2.05) is 0 Å². The van der Waals surface area contributed by atoms with Gasteiger partial charge in [-0.25, -0.2) is 4.39 Å². The number of halogens is 2. The molecular weight excluding hydrogens is 217 g/mol. The van der Waals surface area contributed by atoms with Crippen LogP contribution in [0.15, 0.2) is 23.2 Å². The average molecular weight is 226 g/mol. The van der Waals surface area contributed by atoms with Crippen LogP contribution in [-0.2, 0) is 0 Å². The summed E-state index contributed by atoms with van der Waals surface area (Å²) in [5, 5.41) is 0.341. The molecular formula is C11H9ClFNO. The molecule has 0 unspecified atom stereocenters. The lowest BCUT2D eigenvalue weighted by Crippen LogP contribution is -2.21. The van der Waals surface area contributed by atoms with Crippen LogP contribution in [-0.4, -0.2) is 17.3 Å². The van der Waals surface area contributed by atoms with Crippen molar-refractivity contribution in [2.24, 2.45) is 4.99 Å². The van der Waals surface area contributed by atoms with Gasteiger partial charge in [-0.2, -0.15) is 0 Å².